The first-order valence-corrected chi connectivity index (χ1v) is 14.4. The molecule has 2 aromatic rings. The summed E-state index contributed by atoms with van der Waals surface area (Å²) < 4.78 is 17.5. The third-order valence-electron chi connectivity index (χ3n) is 9.02. The lowest BCUT2D eigenvalue weighted by Gasteiger charge is -2.37. The highest BCUT2D eigenvalue weighted by atomic mass is 16.5. The summed E-state index contributed by atoms with van der Waals surface area (Å²) in [5.74, 6) is -1.36. The van der Waals surface area contributed by atoms with E-state index in [0.29, 0.717) is 55.2 Å². The molecule has 3 fully saturated rings. The molecule has 220 valence electrons. The fraction of sp³-hybridized carbons (Fsp3) is 0.516. The molecule has 3 amide bonds. The van der Waals surface area contributed by atoms with E-state index in [1.54, 1.807) is 55.6 Å². The lowest BCUT2D eigenvalue weighted by molar-refractivity contribution is -0.148. The van der Waals surface area contributed by atoms with E-state index in [-0.39, 0.29) is 18.4 Å². The van der Waals surface area contributed by atoms with E-state index in [1.807, 2.05) is 20.8 Å². The number of hydrogen-bond donors (Lipinski definition) is 3. The second-order valence-electron chi connectivity index (χ2n) is 11.0. The van der Waals surface area contributed by atoms with E-state index < -0.39 is 41.0 Å². The second kappa shape index (κ2) is 11.3. The van der Waals surface area contributed by atoms with Gasteiger partial charge >= 0.3 is 0 Å². The van der Waals surface area contributed by atoms with Crippen molar-refractivity contribution in [3.05, 3.63) is 48.5 Å². The Kier molecular flexibility index (Phi) is 7.98. The molecular weight excluding hydrogens is 526 g/mol. The van der Waals surface area contributed by atoms with Gasteiger partial charge in [0.25, 0.3) is 0 Å². The van der Waals surface area contributed by atoms with Gasteiger partial charge in [0.1, 0.15) is 23.1 Å². The maximum absolute atomic E-state index is 14.3. The van der Waals surface area contributed by atoms with Crippen molar-refractivity contribution >= 4 is 29.1 Å². The Morgan fingerprint density at radius 1 is 1.00 bits per heavy atom. The van der Waals surface area contributed by atoms with Crippen LogP contribution in [-0.2, 0) is 19.1 Å². The van der Waals surface area contributed by atoms with Crippen molar-refractivity contribution in [2.75, 3.05) is 31.0 Å². The molecule has 10 heteroatoms. The number of nitrogens with one attached hydrogen (secondary N) is 2. The number of anilines is 2. The van der Waals surface area contributed by atoms with Gasteiger partial charge < -0.3 is 34.9 Å². The number of benzene rings is 2. The topological polar surface area (TPSA) is 126 Å². The van der Waals surface area contributed by atoms with E-state index in [1.165, 1.54) is 4.90 Å². The van der Waals surface area contributed by atoms with E-state index in [9.17, 15) is 19.5 Å². The van der Waals surface area contributed by atoms with E-state index >= 15 is 0 Å². The molecule has 2 unspecified atom stereocenters. The van der Waals surface area contributed by atoms with Crippen LogP contribution in [0.1, 0.15) is 46.5 Å². The molecule has 3 aliphatic heterocycles. The minimum absolute atomic E-state index is 0.306. The van der Waals surface area contributed by atoms with Gasteiger partial charge in [0.2, 0.25) is 17.7 Å². The van der Waals surface area contributed by atoms with Crippen LogP contribution in [0.25, 0.3) is 0 Å². The van der Waals surface area contributed by atoms with Gasteiger partial charge in [-0.05, 0) is 81.1 Å². The Morgan fingerprint density at radius 3 is 2.15 bits per heavy atom. The zero-order valence-corrected chi connectivity index (χ0v) is 24.0. The highest BCUT2D eigenvalue weighted by molar-refractivity contribution is 6.05. The summed E-state index contributed by atoms with van der Waals surface area (Å²) in [6.45, 7) is 5.94. The minimum atomic E-state index is -1.19. The zero-order valence-electron chi connectivity index (χ0n) is 24.0. The van der Waals surface area contributed by atoms with Gasteiger partial charge in [0, 0.05) is 11.4 Å². The van der Waals surface area contributed by atoms with Gasteiger partial charge in [-0.3, -0.25) is 14.4 Å². The quantitative estimate of drug-likeness (QED) is 0.380. The van der Waals surface area contributed by atoms with E-state index in [2.05, 4.69) is 10.6 Å². The monoisotopic (exact) mass is 565 g/mol. The van der Waals surface area contributed by atoms with Crippen molar-refractivity contribution in [1.82, 2.24) is 4.90 Å². The number of rotatable bonds is 11. The normalized spacial score (nSPS) is 28.8. The average molecular weight is 566 g/mol. The number of fused-ring (bicyclic) bond motifs is 1. The predicted molar refractivity (Wildman–Crippen MR) is 153 cm³/mol. The Bertz CT molecular complexity index is 1280. The largest absolute Gasteiger partial charge is 0.497 e. The summed E-state index contributed by atoms with van der Waals surface area (Å²) >= 11 is 0. The lowest BCUT2D eigenvalue weighted by atomic mass is 9.65. The maximum Gasteiger partial charge on any atom is 0.250 e. The van der Waals surface area contributed by atoms with Crippen molar-refractivity contribution in [3.63, 3.8) is 0 Å². The number of nitrogens with zero attached hydrogens (tertiary/aromatic N) is 1. The van der Waals surface area contributed by atoms with E-state index in [4.69, 9.17) is 14.2 Å². The number of likely N-dealkylation sites (tertiary alicyclic amines) is 1. The number of methoxy groups -OCH3 is 1. The summed E-state index contributed by atoms with van der Waals surface area (Å²) in [7, 11) is 1.56. The van der Waals surface area contributed by atoms with Crippen LogP contribution < -0.4 is 20.1 Å². The number of carbonyl (C=O) groups is 3. The molecule has 3 heterocycles. The molecular formula is C31H39N3O7. The Labute approximate surface area is 240 Å². The van der Waals surface area contributed by atoms with Crippen molar-refractivity contribution in [3.8, 4) is 11.5 Å². The van der Waals surface area contributed by atoms with Gasteiger partial charge in [-0.15, -0.1) is 0 Å². The minimum Gasteiger partial charge on any atom is -0.497 e. The lowest BCUT2D eigenvalue weighted by Crippen LogP contribution is -2.56. The molecule has 10 nitrogen and oxygen atoms in total. The first-order valence-electron chi connectivity index (χ1n) is 14.4. The molecule has 0 aliphatic carbocycles. The molecule has 41 heavy (non-hydrogen) atoms. The molecule has 3 N–H and O–H groups in total. The second-order valence-corrected chi connectivity index (χ2v) is 11.0. The molecule has 3 saturated heterocycles. The van der Waals surface area contributed by atoms with Crippen LogP contribution in [-0.4, -0.2) is 71.3 Å². The summed E-state index contributed by atoms with van der Waals surface area (Å²) in [5.41, 5.74) is -0.934. The van der Waals surface area contributed by atoms with E-state index in [0.717, 1.165) is 0 Å². The molecule has 5 rings (SSSR count). The summed E-state index contributed by atoms with van der Waals surface area (Å²) in [4.78, 5) is 43.7. The van der Waals surface area contributed by atoms with Crippen molar-refractivity contribution < 1.29 is 33.7 Å². The molecule has 0 saturated carbocycles. The number of hydrogen-bond acceptors (Lipinski definition) is 7. The van der Waals surface area contributed by atoms with Gasteiger partial charge in [-0.1, -0.05) is 13.8 Å². The fourth-order valence-electron chi connectivity index (χ4n) is 7.07. The molecule has 0 radical (unpaired) electrons. The number of aliphatic hydroxyl groups is 1. The number of ether oxygens (including phenoxy) is 3. The van der Waals surface area contributed by atoms with Crippen LogP contribution in [0.2, 0.25) is 0 Å². The zero-order chi connectivity index (χ0) is 29.4. The molecule has 0 aromatic heterocycles. The van der Waals surface area contributed by atoms with Crippen LogP contribution >= 0.6 is 0 Å². The van der Waals surface area contributed by atoms with Crippen LogP contribution in [0.4, 0.5) is 11.4 Å². The first kappa shape index (κ1) is 28.9. The number of aliphatic hydroxyl groups excluding tert-OH is 1. The molecule has 6 atom stereocenters. The molecule has 2 bridgehead atoms. The van der Waals surface area contributed by atoms with Crippen LogP contribution in [0.15, 0.2) is 48.5 Å². The Morgan fingerprint density at radius 2 is 1.61 bits per heavy atom. The van der Waals surface area contributed by atoms with Crippen molar-refractivity contribution in [1.29, 1.82) is 0 Å². The highest BCUT2D eigenvalue weighted by Gasteiger charge is 2.79. The molecule has 2 aromatic carbocycles. The van der Waals surface area contributed by atoms with Crippen LogP contribution in [0.5, 0.6) is 11.5 Å². The van der Waals surface area contributed by atoms with Crippen molar-refractivity contribution in [2.45, 2.75) is 69.7 Å². The van der Waals surface area contributed by atoms with Crippen LogP contribution in [0.3, 0.4) is 0 Å². The standard InChI is InChI=1S/C31H39N3O7/c1-5-21(18-35)34-26(28(37)33-20-8-12-22(39-4)13-9-20)31-17-16-30(6-2,41-31)24(25(31)29(34)38)27(36)32-19-10-14-23(15-11-19)40-7-3/h8-15,21,24-26,35H,5-7,16-18H2,1-4H3,(H,32,36)(H,33,37)/t21-,24+,25-,26?,30-,31?/m0/s1. The van der Waals surface area contributed by atoms with Crippen molar-refractivity contribution in [2.24, 2.45) is 11.8 Å². The third-order valence-corrected chi connectivity index (χ3v) is 9.02. The summed E-state index contributed by atoms with van der Waals surface area (Å²) in [6, 6.07) is 12.4. The first-order chi connectivity index (χ1) is 19.8. The third kappa shape index (κ3) is 4.72. The predicted octanol–water partition coefficient (Wildman–Crippen LogP) is 3.60. The maximum atomic E-state index is 14.3. The van der Waals surface area contributed by atoms with Crippen LogP contribution in [0, 0.1) is 11.8 Å². The highest BCUT2D eigenvalue weighted by Crippen LogP contribution is 2.64. The summed E-state index contributed by atoms with van der Waals surface area (Å²) in [6.07, 6.45) is 1.97. The van der Waals surface area contributed by atoms with Gasteiger partial charge in [-0.2, -0.15) is 0 Å². The van der Waals surface area contributed by atoms with Gasteiger partial charge in [-0.25, -0.2) is 0 Å². The van der Waals surface area contributed by atoms with Gasteiger partial charge in [0.05, 0.1) is 43.8 Å². The van der Waals surface area contributed by atoms with Gasteiger partial charge in [0.15, 0.2) is 0 Å². The Balaban J connectivity index is 1.49. The smallest absolute Gasteiger partial charge is 0.250 e. The fourth-order valence-corrected chi connectivity index (χ4v) is 7.07. The molecule has 3 aliphatic rings. The summed E-state index contributed by atoms with van der Waals surface area (Å²) in [5, 5.41) is 16.2. The Hall–Kier alpha value is -3.63. The SMILES string of the molecule is CCOc1ccc(NC(=O)[C@H]2[C@H]3C(=O)N([C@@H](CC)CO)C(C(=O)Nc4ccc(OC)cc4)C34CC[C@]2(CC)O4)cc1. The number of carbonyl (C=O) groups excluding carboxylic acids is 3. The number of amides is 3. The average Bonchev–Trinajstić information content (AvgIpc) is 3.59. The molecule has 1 spiro atoms.